The van der Waals surface area contributed by atoms with Gasteiger partial charge in [-0.2, -0.15) is 13.5 Å². The number of fused-ring (bicyclic) bond motifs is 1. The molecule has 214 valence electrons. The third kappa shape index (κ3) is 8.91. The molecule has 0 spiro atoms. The maximum Gasteiger partial charge on any atom is 0.192 e. The highest BCUT2D eigenvalue weighted by Gasteiger charge is 2.55. The van der Waals surface area contributed by atoms with Crippen LogP contribution in [0, 0.1) is 23.2 Å². The summed E-state index contributed by atoms with van der Waals surface area (Å²) in [6.45, 7) is 18.3. The summed E-state index contributed by atoms with van der Waals surface area (Å²) in [6.07, 6.45) is 9.71. The van der Waals surface area contributed by atoms with Crippen molar-refractivity contribution in [3.63, 3.8) is 0 Å². The van der Waals surface area contributed by atoms with Gasteiger partial charge in [-0.15, -0.1) is 4.33 Å². The molecule has 2 saturated carbocycles. The summed E-state index contributed by atoms with van der Waals surface area (Å²) in [5.74, 6) is 3.49. The number of hydrogen-bond donors (Lipinski definition) is 1. The van der Waals surface area contributed by atoms with Crippen LogP contribution >= 0.6 is 25.5 Å². The van der Waals surface area contributed by atoms with Crippen LogP contribution in [0.15, 0.2) is 30.3 Å². The van der Waals surface area contributed by atoms with E-state index in [1.165, 1.54) is 44.1 Å². The molecular weight excluding hydrogens is 517 g/mol. The van der Waals surface area contributed by atoms with Gasteiger partial charge in [-0.3, -0.25) is 0 Å². The molecule has 0 heterocycles. The van der Waals surface area contributed by atoms with E-state index < -0.39 is 13.9 Å². The second-order valence-corrected chi connectivity index (χ2v) is 19.3. The van der Waals surface area contributed by atoms with Gasteiger partial charge in [-0.1, -0.05) is 58.7 Å². The highest BCUT2D eigenvalue weighted by Crippen LogP contribution is 2.60. The summed E-state index contributed by atoms with van der Waals surface area (Å²) >= 11 is 1.44. The Morgan fingerprint density at radius 3 is 2.38 bits per heavy atom. The first-order valence-electron chi connectivity index (χ1n) is 14.1. The Bertz CT molecular complexity index is 808. The Morgan fingerprint density at radius 1 is 1.08 bits per heavy atom. The molecule has 0 amide bonds. The maximum atomic E-state index is 10.3. The van der Waals surface area contributed by atoms with Crippen LogP contribution in [-0.2, 0) is 8.76 Å². The summed E-state index contributed by atoms with van der Waals surface area (Å²) in [6, 6.07) is 9.70. The van der Waals surface area contributed by atoms with Crippen molar-refractivity contribution in [1.29, 1.82) is 0 Å². The highest BCUT2D eigenvalue weighted by atomic mass is 32.2. The van der Waals surface area contributed by atoms with Crippen LogP contribution in [-0.4, -0.2) is 30.9 Å². The molecule has 3 rings (SSSR count). The number of rotatable bonds is 12. The van der Waals surface area contributed by atoms with Gasteiger partial charge in [0.15, 0.2) is 14.1 Å². The van der Waals surface area contributed by atoms with Gasteiger partial charge in [0, 0.05) is 23.9 Å². The largest absolute Gasteiger partial charge is 0.414 e. The lowest BCUT2D eigenvalue weighted by molar-refractivity contribution is -0.0785. The molecule has 0 radical (unpaired) electrons. The summed E-state index contributed by atoms with van der Waals surface area (Å²) in [5, 5.41) is 10.6. The fourth-order valence-electron chi connectivity index (χ4n) is 6.48. The van der Waals surface area contributed by atoms with Crippen LogP contribution in [0.5, 0.6) is 5.75 Å². The Balaban J connectivity index is 0.00000481. The Labute approximate surface area is 239 Å². The molecule has 2 aliphatic rings. The molecule has 2 fully saturated rings. The predicted octanol–water partition coefficient (Wildman–Crippen LogP) is 8.92. The van der Waals surface area contributed by atoms with E-state index in [9.17, 15) is 5.11 Å². The van der Waals surface area contributed by atoms with Gasteiger partial charge in [0.25, 0.3) is 0 Å². The third-order valence-electron chi connectivity index (χ3n) is 9.52. The number of para-hydroxylation sites is 1. The summed E-state index contributed by atoms with van der Waals surface area (Å²) < 4.78 is 12.7. The van der Waals surface area contributed by atoms with E-state index in [1.807, 2.05) is 44.2 Å². The van der Waals surface area contributed by atoms with Gasteiger partial charge in [-0.05, 0) is 106 Å². The molecule has 3 unspecified atom stereocenters. The van der Waals surface area contributed by atoms with Crippen LogP contribution < -0.4 is 4.89 Å². The second-order valence-electron chi connectivity index (χ2n) is 13.8. The first kappa shape index (κ1) is 33.0. The summed E-state index contributed by atoms with van der Waals surface area (Å²) in [5.41, 5.74) is -0.300. The fraction of sp³-hybridized carbons (Fsp3) is 0.800. The zero-order chi connectivity index (χ0) is 26.6. The van der Waals surface area contributed by atoms with Crippen molar-refractivity contribution in [1.82, 2.24) is 0 Å². The second kappa shape index (κ2) is 13.4. The van der Waals surface area contributed by atoms with E-state index >= 15 is 0 Å². The minimum absolute atomic E-state index is 0. The van der Waals surface area contributed by atoms with Gasteiger partial charge in [0.1, 0.15) is 0 Å². The van der Waals surface area contributed by atoms with Crippen molar-refractivity contribution in [2.45, 2.75) is 123 Å². The van der Waals surface area contributed by atoms with Crippen molar-refractivity contribution < 1.29 is 18.8 Å². The SMILES string of the molecule is CC(C)(O)CCCC(CSOOc1ccccc1)C1CCC2[C@@H](O[Si](C)(C)C(C)(C)C)CCC[C@]12C.S. The topological polar surface area (TPSA) is 47.9 Å². The minimum atomic E-state index is -1.80. The van der Waals surface area contributed by atoms with Gasteiger partial charge in [0.2, 0.25) is 0 Å². The molecule has 1 aromatic rings. The average molecular weight is 571 g/mol. The summed E-state index contributed by atoms with van der Waals surface area (Å²) in [7, 11) is -1.80. The van der Waals surface area contributed by atoms with Crippen LogP contribution in [0.1, 0.15) is 92.9 Å². The van der Waals surface area contributed by atoms with Crippen LogP contribution in [0.2, 0.25) is 18.1 Å². The summed E-state index contributed by atoms with van der Waals surface area (Å²) in [4.78, 5) is 5.52. The molecule has 7 heteroatoms. The third-order valence-corrected chi connectivity index (χ3v) is 14.8. The first-order chi connectivity index (χ1) is 16.7. The lowest BCUT2D eigenvalue weighted by Crippen LogP contribution is -2.50. The van der Waals surface area contributed by atoms with Crippen molar-refractivity contribution in [3.8, 4) is 5.75 Å². The molecule has 4 nitrogen and oxygen atoms in total. The molecule has 2 aliphatic carbocycles. The van der Waals surface area contributed by atoms with Crippen molar-refractivity contribution in [2.24, 2.45) is 23.2 Å². The molecule has 1 aromatic carbocycles. The normalized spacial score (nSPS) is 27.3. The van der Waals surface area contributed by atoms with Crippen LogP contribution in [0.4, 0.5) is 0 Å². The van der Waals surface area contributed by atoms with E-state index in [0.717, 1.165) is 30.8 Å². The Hall–Kier alpha value is -0.183. The monoisotopic (exact) mass is 570 g/mol. The Morgan fingerprint density at radius 2 is 1.76 bits per heavy atom. The van der Waals surface area contributed by atoms with E-state index in [1.54, 1.807) is 0 Å². The fourth-order valence-corrected chi connectivity index (χ4v) is 8.63. The van der Waals surface area contributed by atoms with Gasteiger partial charge in [-0.25, -0.2) is 0 Å². The molecule has 0 aromatic heterocycles. The lowest BCUT2D eigenvalue weighted by atomic mass is 9.61. The molecule has 37 heavy (non-hydrogen) atoms. The lowest BCUT2D eigenvalue weighted by Gasteiger charge is -2.50. The molecule has 0 bridgehead atoms. The van der Waals surface area contributed by atoms with E-state index in [-0.39, 0.29) is 18.5 Å². The van der Waals surface area contributed by atoms with E-state index in [0.29, 0.717) is 29.3 Å². The molecule has 1 N–H and O–H groups in total. The van der Waals surface area contributed by atoms with Gasteiger partial charge >= 0.3 is 0 Å². The highest BCUT2D eigenvalue weighted by molar-refractivity contribution is 7.94. The number of benzene rings is 1. The maximum absolute atomic E-state index is 10.3. The van der Waals surface area contributed by atoms with Gasteiger partial charge < -0.3 is 14.4 Å². The van der Waals surface area contributed by atoms with Crippen LogP contribution in [0.25, 0.3) is 0 Å². The van der Waals surface area contributed by atoms with Crippen molar-refractivity contribution in [3.05, 3.63) is 30.3 Å². The number of hydrogen-bond acceptors (Lipinski definition) is 5. The molecule has 5 atom stereocenters. The molecule has 0 aliphatic heterocycles. The predicted molar refractivity (Wildman–Crippen MR) is 165 cm³/mol. The van der Waals surface area contributed by atoms with Crippen molar-refractivity contribution >= 4 is 33.9 Å². The number of aliphatic hydroxyl groups is 1. The standard InChI is InChI=1S/C30H52O4SSi.H2S/c1-28(2,3)36(7,8)33-27-17-13-21-30(6)25(18-19-26(27)30)23(14-12-20-29(4,5)31)22-35-34-32-24-15-10-9-11-16-24;/h9-11,15-16,23,25-27,31H,12-14,17-22H2,1-8H3;1H2/t23?,25?,26?,27-,30+;/m0./s1. The zero-order valence-corrected chi connectivity index (χ0v) is 27.5. The van der Waals surface area contributed by atoms with Crippen LogP contribution in [0.3, 0.4) is 0 Å². The average Bonchev–Trinajstić information content (AvgIpc) is 3.12. The Kier molecular flexibility index (Phi) is 12.0. The van der Waals surface area contributed by atoms with E-state index in [2.05, 4.69) is 40.8 Å². The quantitative estimate of drug-likeness (QED) is 0.0893. The van der Waals surface area contributed by atoms with Gasteiger partial charge in [0.05, 0.1) is 5.60 Å². The molecule has 0 saturated heterocycles. The smallest absolute Gasteiger partial charge is 0.192 e. The van der Waals surface area contributed by atoms with Crippen molar-refractivity contribution in [2.75, 3.05) is 5.75 Å². The zero-order valence-electron chi connectivity index (χ0n) is 24.6. The van der Waals surface area contributed by atoms with E-state index in [4.69, 9.17) is 13.6 Å². The minimum Gasteiger partial charge on any atom is -0.414 e. The first-order valence-corrected chi connectivity index (χ1v) is 18.0. The molecular formula is C30H54O4S2Si.